The van der Waals surface area contributed by atoms with E-state index in [1.165, 1.54) is 0 Å². The summed E-state index contributed by atoms with van der Waals surface area (Å²) in [6.07, 6.45) is -1.57. The third kappa shape index (κ3) is 2.84. The van der Waals surface area contributed by atoms with E-state index < -0.39 is 23.6 Å². The lowest BCUT2D eigenvalue weighted by atomic mass is 10.3. The molecule has 1 aromatic heterocycles. The Morgan fingerprint density at radius 1 is 1.69 bits per heavy atom. The second-order valence-electron chi connectivity index (χ2n) is 2.73. The Kier molecular flexibility index (Phi) is 3.66. The predicted octanol–water partition coefficient (Wildman–Crippen LogP) is 1.54. The number of pyridine rings is 1. The van der Waals surface area contributed by atoms with Gasteiger partial charge < -0.3 is 5.32 Å². The molecule has 0 atom stereocenters. The molecule has 84 valence electrons. The summed E-state index contributed by atoms with van der Waals surface area (Å²) in [6.45, 7) is -0.736. The molecule has 8 heteroatoms. The van der Waals surface area contributed by atoms with Gasteiger partial charge in [-0.15, -0.1) is 0 Å². The summed E-state index contributed by atoms with van der Waals surface area (Å²) >= 11 is 0. The van der Waals surface area contributed by atoms with Crippen LogP contribution in [0.5, 0.6) is 0 Å². The first-order chi connectivity index (χ1) is 7.54. The lowest BCUT2D eigenvalue weighted by Gasteiger charge is -2.04. The van der Waals surface area contributed by atoms with Crippen molar-refractivity contribution in [1.29, 1.82) is 5.26 Å². The number of alkyl halides is 2. The number of hydrogen-bond donors (Lipinski definition) is 1. The fourth-order valence-corrected chi connectivity index (χ4v) is 0.963. The maximum absolute atomic E-state index is 11.9. The van der Waals surface area contributed by atoms with Crippen LogP contribution in [0.2, 0.25) is 0 Å². The van der Waals surface area contributed by atoms with Crippen LogP contribution in [0.15, 0.2) is 12.3 Å². The SMILES string of the molecule is N#Cc1cnc(NCC(F)F)c([N+](=O)[O-])c1. The first kappa shape index (κ1) is 11.8. The first-order valence-electron chi connectivity index (χ1n) is 4.11. The van der Waals surface area contributed by atoms with Crippen molar-refractivity contribution in [2.75, 3.05) is 11.9 Å². The van der Waals surface area contributed by atoms with Crippen LogP contribution in [-0.4, -0.2) is 22.9 Å². The number of nitro groups is 1. The molecule has 6 nitrogen and oxygen atoms in total. The molecule has 0 saturated heterocycles. The Morgan fingerprint density at radius 3 is 2.88 bits per heavy atom. The van der Waals surface area contributed by atoms with Crippen molar-refractivity contribution in [2.24, 2.45) is 0 Å². The number of nitriles is 1. The summed E-state index contributed by atoms with van der Waals surface area (Å²) in [5, 5.41) is 21.2. The highest BCUT2D eigenvalue weighted by Gasteiger charge is 2.17. The van der Waals surface area contributed by atoms with Crippen LogP contribution in [-0.2, 0) is 0 Å². The highest BCUT2D eigenvalue weighted by Crippen LogP contribution is 2.22. The Hall–Kier alpha value is -2.30. The van der Waals surface area contributed by atoms with Crippen LogP contribution in [0.1, 0.15) is 5.56 Å². The maximum Gasteiger partial charge on any atom is 0.312 e. The molecule has 0 aliphatic heterocycles. The largest absolute Gasteiger partial charge is 0.359 e. The van der Waals surface area contributed by atoms with Crippen LogP contribution < -0.4 is 5.32 Å². The summed E-state index contributed by atoms with van der Waals surface area (Å²) in [5.41, 5.74) is -0.506. The normalized spacial score (nSPS) is 9.88. The molecule has 0 spiro atoms. The average Bonchev–Trinajstić information content (AvgIpc) is 2.25. The highest BCUT2D eigenvalue weighted by atomic mass is 19.3. The summed E-state index contributed by atoms with van der Waals surface area (Å²) in [7, 11) is 0. The summed E-state index contributed by atoms with van der Waals surface area (Å²) < 4.78 is 23.8. The van der Waals surface area contributed by atoms with Crippen molar-refractivity contribution < 1.29 is 13.7 Å². The number of nitrogens with one attached hydrogen (secondary N) is 1. The first-order valence-corrected chi connectivity index (χ1v) is 4.11. The molecule has 0 radical (unpaired) electrons. The topological polar surface area (TPSA) is 91.8 Å². The third-order valence-corrected chi connectivity index (χ3v) is 1.62. The smallest absolute Gasteiger partial charge is 0.312 e. The molecule has 0 amide bonds. The number of aromatic nitrogens is 1. The molecule has 0 saturated carbocycles. The van der Waals surface area contributed by atoms with E-state index in [0.29, 0.717) is 0 Å². The minimum Gasteiger partial charge on any atom is -0.359 e. The molecule has 1 aromatic rings. The van der Waals surface area contributed by atoms with Gasteiger partial charge >= 0.3 is 5.69 Å². The van der Waals surface area contributed by atoms with Gasteiger partial charge in [-0.3, -0.25) is 10.1 Å². The molecular formula is C8H6F2N4O2. The van der Waals surface area contributed by atoms with Crippen LogP contribution in [0.4, 0.5) is 20.3 Å². The Labute approximate surface area is 88.7 Å². The van der Waals surface area contributed by atoms with E-state index in [1.807, 2.05) is 0 Å². The van der Waals surface area contributed by atoms with E-state index in [2.05, 4.69) is 10.3 Å². The van der Waals surface area contributed by atoms with Gasteiger partial charge in [0.05, 0.1) is 17.0 Å². The van der Waals surface area contributed by atoms with Crippen LogP contribution in [0.3, 0.4) is 0 Å². The standard InChI is InChI=1S/C8H6F2N4O2/c9-7(10)4-13-8-6(14(15)16)1-5(2-11)3-12-8/h1,3,7H,4H2,(H,12,13). The quantitative estimate of drug-likeness (QED) is 0.623. The number of hydrogen-bond acceptors (Lipinski definition) is 5. The van der Waals surface area contributed by atoms with Crippen molar-refractivity contribution >= 4 is 11.5 Å². The zero-order chi connectivity index (χ0) is 12.1. The number of anilines is 1. The van der Waals surface area contributed by atoms with Crippen molar-refractivity contribution in [2.45, 2.75) is 6.43 Å². The van der Waals surface area contributed by atoms with E-state index >= 15 is 0 Å². The molecule has 0 aliphatic carbocycles. The fourth-order valence-electron chi connectivity index (χ4n) is 0.963. The zero-order valence-corrected chi connectivity index (χ0v) is 7.85. The molecule has 1 heterocycles. The van der Waals surface area contributed by atoms with Gasteiger partial charge in [-0.2, -0.15) is 5.26 Å². The molecule has 16 heavy (non-hydrogen) atoms. The monoisotopic (exact) mass is 228 g/mol. The molecule has 0 bridgehead atoms. The van der Waals surface area contributed by atoms with E-state index in [4.69, 9.17) is 5.26 Å². The van der Waals surface area contributed by atoms with Gasteiger partial charge in [0.15, 0.2) is 0 Å². The predicted molar refractivity (Wildman–Crippen MR) is 50.1 cm³/mol. The van der Waals surface area contributed by atoms with Crippen LogP contribution >= 0.6 is 0 Å². The maximum atomic E-state index is 11.9. The number of halogens is 2. The second-order valence-corrected chi connectivity index (χ2v) is 2.73. The van der Waals surface area contributed by atoms with Gasteiger partial charge in [-0.25, -0.2) is 13.8 Å². The van der Waals surface area contributed by atoms with Crippen molar-refractivity contribution in [3.63, 3.8) is 0 Å². The second kappa shape index (κ2) is 4.97. The molecular weight excluding hydrogens is 222 g/mol. The van der Waals surface area contributed by atoms with Crippen molar-refractivity contribution in [1.82, 2.24) is 4.98 Å². The van der Waals surface area contributed by atoms with Gasteiger partial charge in [-0.05, 0) is 0 Å². The average molecular weight is 228 g/mol. The lowest BCUT2D eigenvalue weighted by molar-refractivity contribution is -0.384. The lowest BCUT2D eigenvalue weighted by Crippen LogP contribution is -2.12. The highest BCUT2D eigenvalue weighted by molar-refractivity contribution is 5.58. The van der Waals surface area contributed by atoms with Gasteiger partial charge in [0.25, 0.3) is 6.43 Å². The van der Waals surface area contributed by atoms with Gasteiger partial charge in [-0.1, -0.05) is 0 Å². The van der Waals surface area contributed by atoms with E-state index in [9.17, 15) is 18.9 Å². The zero-order valence-electron chi connectivity index (χ0n) is 7.85. The van der Waals surface area contributed by atoms with E-state index in [-0.39, 0.29) is 11.4 Å². The molecule has 1 rings (SSSR count). The van der Waals surface area contributed by atoms with E-state index in [1.54, 1.807) is 6.07 Å². The van der Waals surface area contributed by atoms with Crippen LogP contribution in [0.25, 0.3) is 0 Å². The number of rotatable bonds is 4. The summed E-state index contributed by atoms with van der Waals surface area (Å²) in [4.78, 5) is 13.3. The minimum atomic E-state index is -2.64. The Balaban J connectivity index is 3.00. The van der Waals surface area contributed by atoms with Crippen LogP contribution in [0, 0.1) is 21.4 Å². The van der Waals surface area contributed by atoms with E-state index in [0.717, 1.165) is 12.3 Å². The van der Waals surface area contributed by atoms with Gasteiger partial charge in [0, 0.05) is 12.3 Å². The van der Waals surface area contributed by atoms with Crippen molar-refractivity contribution in [3.8, 4) is 6.07 Å². The Bertz CT molecular complexity index is 444. The molecule has 0 unspecified atom stereocenters. The molecule has 1 N–H and O–H groups in total. The molecule has 0 aromatic carbocycles. The van der Waals surface area contributed by atoms with Crippen molar-refractivity contribution in [3.05, 3.63) is 27.9 Å². The summed E-state index contributed by atoms with van der Waals surface area (Å²) in [5.74, 6) is -0.274. The molecule has 0 fully saturated rings. The number of nitrogens with zero attached hydrogens (tertiary/aromatic N) is 3. The minimum absolute atomic E-state index is 0.00528. The molecule has 0 aliphatic rings. The fraction of sp³-hybridized carbons (Fsp3) is 0.250. The third-order valence-electron chi connectivity index (χ3n) is 1.62. The van der Waals surface area contributed by atoms with Gasteiger partial charge in [0.1, 0.15) is 6.07 Å². The van der Waals surface area contributed by atoms with Gasteiger partial charge in [0.2, 0.25) is 5.82 Å². The summed E-state index contributed by atoms with van der Waals surface area (Å²) in [6, 6.07) is 2.64. The Morgan fingerprint density at radius 2 is 2.38 bits per heavy atom.